The van der Waals surface area contributed by atoms with Crippen molar-refractivity contribution in [2.24, 2.45) is 7.05 Å². The number of aromatic amines is 1. The van der Waals surface area contributed by atoms with Crippen molar-refractivity contribution in [1.82, 2.24) is 25.0 Å². The van der Waals surface area contributed by atoms with Crippen molar-refractivity contribution in [2.75, 3.05) is 18.0 Å². The first-order chi connectivity index (χ1) is 10.6. The van der Waals surface area contributed by atoms with Gasteiger partial charge in [-0.2, -0.15) is 15.4 Å². The first kappa shape index (κ1) is 13.2. The first-order valence-electron chi connectivity index (χ1n) is 7.03. The van der Waals surface area contributed by atoms with Crippen LogP contribution in [-0.4, -0.2) is 43.2 Å². The molecule has 1 fully saturated rings. The minimum atomic E-state index is -1.07. The predicted octanol–water partition coefficient (Wildman–Crippen LogP) is 0.928. The predicted molar refractivity (Wildman–Crippen MR) is 77.8 cm³/mol. The van der Waals surface area contributed by atoms with Gasteiger partial charge in [0.15, 0.2) is 5.82 Å². The van der Waals surface area contributed by atoms with Crippen LogP contribution in [-0.2, 0) is 12.6 Å². The van der Waals surface area contributed by atoms with E-state index in [4.69, 9.17) is 0 Å². The third-order valence-corrected chi connectivity index (χ3v) is 4.26. The van der Waals surface area contributed by atoms with Crippen LogP contribution in [0.15, 0.2) is 24.4 Å². The molecule has 0 spiro atoms. The molecule has 2 N–H and O–H groups in total. The topological polar surface area (TPSA) is 82.9 Å². The summed E-state index contributed by atoms with van der Waals surface area (Å²) >= 11 is 0. The van der Waals surface area contributed by atoms with Crippen molar-refractivity contribution in [3.8, 4) is 0 Å². The van der Waals surface area contributed by atoms with Gasteiger partial charge in [-0.3, -0.25) is 0 Å². The second-order valence-corrected chi connectivity index (χ2v) is 5.64. The molecule has 114 valence electrons. The van der Waals surface area contributed by atoms with Crippen LogP contribution in [0.4, 0.5) is 10.3 Å². The Hall–Kier alpha value is -2.48. The highest BCUT2D eigenvalue weighted by atomic mass is 19.1. The highest BCUT2D eigenvalue weighted by Crippen LogP contribution is 2.34. The number of fused-ring (bicyclic) bond motifs is 1. The SMILES string of the molecule is Cn1c(N2CCC(O)(c3cn[nH]n3)C2)nc2c(F)cccc21. The van der Waals surface area contributed by atoms with Crippen molar-refractivity contribution in [3.05, 3.63) is 35.9 Å². The number of aryl methyl sites for hydroxylation is 1. The molecular formula is C14H15FN6O. The number of rotatable bonds is 2. The molecule has 1 atom stereocenters. The molecule has 0 bridgehead atoms. The molecular weight excluding hydrogens is 287 g/mol. The number of benzene rings is 1. The zero-order valence-corrected chi connectivity index (χ0v) is 12.0. The third kappa shape index (κ3) is 1.80. The Kier molecular flexibility index (Phi) is 2.70. The van der Waals surface area contributed by atoms with Crippen LogP contribution in [0.1, 0.15) is 12.1 Å². The van der Waals surface area contributed by atoms with E-state index < -0.39 is 5.60 Å². The van der Waals surface area contributed by atoms with Crippen molar-refractivity contribution in [2.45, 2.75) is 12.0 Å². The molecule has 0 aliphatic carbocycles. The van der Waals surface area contributed by atoms with E-state index in [2.05, 4.69) is 20.4 Å². The summed E-state index contributed by atoms with van der Waals surface area (Å²) in [6.45, 7) is 0.959. The van der Waals surface area contributed by atoms with Gasteiger partial charge in [0.25, 0.3) is 0 Å². The van der Waals surface area contributed by atoms with Gasteiger partial charge in [-0.25, -0.2) is 9.37 Å². The lowest BCUT2D eigenvalue weighted by Gasteiger charge is -2.21. The Balaban J connectivity index is 1.72. The first-order valence-corrected chi connectivity index (χ1v) is 7.03. The summed E-state index contributed by atoms with van der Waals surface area (Å²) in [5.41, 5.74) is 0.521. The Labute approximate surface area is 125 Å². The molecule has 22 heavy (non-hydrogen) atoms. The highest BCUT2D eigenvalue weighted by Gasteiger charge is 2.41. The van der Waals surface area contributed by atoms with Gasteiger partial charge < -0.3 is 14.6 Å². The number of aliphatic hydroxyl groups is 1. The largest absolute Gasteiger partial charge is 0.381 e. The number of anilines is 1. The summed E-state index contributed by atoms with van der Waals surface area (Å²) < 4.78 is 15.7. The number of β-amino-alcohol motifs (C(OH)–C–C–N with tert-alkyl or cyclic N) is 1. The van der Waals surface area contributed by atoms with E-state index in [1.807, 2.05) is 22.6 Å². The van der Waals surface area contributed by atoms with E-state index in [1.54, 1.807) is 6.07 Å². The third-order valence-electron chi connectivity index (χ3n) is 4.26. The molecule has 8 heteroatoms. The normalized spacial score (nSPS) is 21.9. The maximum absolute atomic E-state index is 13.9. The fourth-order valence-corrected chi connectivity index (χ4v) is 3.05. The molecule has 3 heterocycles. The lowest BCUT2D eigenvalue weighted by atomic mass is 10.0. The Bertz CT molecular complexity index is 829. The second kappa shape index (κ2) is 4.51. The monoisotopic (exact) mass is 302 g/mol. The van der Waals surface area contributed by atoms with Crippen molar-refractivity contribution in [3.63, 3.8) is 0 Å². The summed E-state index contributed by atoms with van der Waals surface area (Å²) in [5, 5.41) is 21.0. The summed E-state index contributed by atoms with van der Waals surface area (Å²) in [6.07, 6.45) is 2.04. The summed E-state index contributed by atoms with van der Waals surface area (Å²) in [4.78, 5) is 6.34. The lowest BCUT2D eigenvalue weighted by molar-refractivity contribution is 0.0558. The maximum Gasteiger partial charge on any atom is 0.206 e. The summed E-state index contributed by atoms with van der Waals surface area (Å²) in [5.74, 6) is 0.296. The number of hydrogen-bond acceptors (Lipinski definition) is 5. The molecule has 0 radical (unpaired) electrons. The van der Waals surface area contributed by atoms with Crippen LogP contribution >= 0.6 is 0 Å². The number of nitrogens with zero attached hydrogens (tertiary/aromatic N) is 5. The maximum atomic E-state index is 13.9. The number of hydrogen-bond donors (Lipinski definition) is 2. The van der Waals surface area contributed by atoms with Gasteiger partial charge in [0.2, 0.25) is 5.95 Å². The van der Waals surface area contributed by atoms with E-state index in [1.165, 1.54) is 12.3 Å². The van der Waals surface area contributed by atoms with Gasteiger partial charge in [0, 0.05) is 20.0 Å². The zero-order valence-electron chi connectivity index (χ0n) is 12.0. The van der Waals surface area contributed by atoms with Gasteiger partial charge in [0.1, 0.15) is 16.8 Å². The average molecular weight is 302 g/mol. The second-order valence-electron chi connectivity index (χ2n) is 5.64. The summed E-state index contributed by atoms with van der Waals surface area (Å²) in [7, 11) is 1.84. The van der Waals surface area contributed by atoms with Crippen molar-refractivity contribution in [1.29, 1.82) is 0 Å². The molecule has 2 aromatic heterocycles. The van der Waals surface area contributed by atoms with Gasteiger partial charge >= 0.3 is 0 Å². The molecule has 1 aliphatic rings. The van der Waals surface area contributed by atoms with Crippen LogP contribution in [0.3, 0.4) is 0 Å². The van der Waals surface area contributed by atoms with Crippen molar-refractivity contribution >= 4 is 17.0 Å². The van der Waals surface area contributed by atoms with Crippen LogP contribution < -0.4 is 4.90 Å². The number of nitrogens with one attached hydrogen (secondary N) is 1. The quantitative estimate of drug-likeness (QED) is 0.736. The lowest BCUT2D eigenvalue weighted by Crippen LogP contribution is -2.32. The number of halogens is 1. The van der Waals surface area contributed by atoms with E-state index in [0.29, 0.717) is 36.7 Å². The molecule has 1 saturated heterocycles. The van der Waals surface area contributed by atoms with E-state index in [9.17, 15) is 9.50 Å². The Morgan fingerprint density at radius 3 is 3.00 bits per heavy atom. The van der Waals surface area contributed by atoms with Crippen LogP contribution in [0.5, 0.6) is 0 Å². The Morgan fingerprint density at radius 2 is 2.27 bits per heavy atom. The van der Waals surface area contributed by atoms with E-state index in [-0.39, 0.29) is 5.82 Å². The number of aromatic nitrogens is 5. The number of para-hydroxylation sites is 1. The van der Waals surface area contributed by atoms with Gasteiger partial charge in [0.05, 0.1) is 18.3 Å². The Morgan fingerprint density at radius 1 is 1.41 bits per heavy atom. The minimum absolute atomic E-state index is 0.342. The average Bonchev–Trinajstić information content (AvgIpc) is 3.20. The fraction of sp³-hybridized carbons (Fsp3) is 0.357. The minimum Gasteiger partial charge on any atom is -0.381 e. The van der Waals surface area contributed by atoms with E-state index in [0.717, 1.165) is 5.52 Å². The number of H-pyrrole nitrogens is 1. The molecule has 1 aromatic carbocycles. The fourth-order valence-electron chi connectivity index (χ4n) is 3.05. The highest BCUT2D eigenvalue weighted by molar-refractivity contribution is 5.79. The molecule has 7 nitrogen and oxygen atoms in total. The smallest absolute Gasteiger partial charge is 0.206 e. The zero-order chi connectivity index (χ0) is 15.3. The number of imidazole rings is 1. The molecule has 1 unspecified atom stereocenters. The molecule has 0 saturated carbocycles. The van der Waals surface area contributed by atoms with Crippen LogP contribution in [0, 0.1) is 5.82 Å². The molecule has 0 amide bonds. The van der Waals surface area contributed by atoms with Crippen LogP contribution in [0.25, 0.3) is 11.0 Å². The molecule has 4 rings (SSSR count). The molecule has 3 aromatic rings. The summed E-state index contributed by atoms with van der Waals surface area (Å²) in [6, 6.07) is 4.89. The standard InChI is InChI=1S/C14H15FN6O/c1-20-10-4-2-3-9(15)12(10)17-13(20)21-6-5-14(22,8-21)11-7-16-19-18-11/h2-4,7,22H,5-6,8H2,1H3,(H,16,18,19). The van der Waals surface area contributed by atoms with Crippen molar-refractivity contribution < 1.29 is 9.50 Å². The van der Waals surface area contributed by atoms with Crippen LogP contribution in [0.2, 0.25) is 0 Å². The van der Waals surface area contributed by atoms with Gasteiger partial charge in [-0.05, 0) is 12.1 Å². The van der Waals surface area contributed by atoms with Gasteiger partial charge in [-0.15, -0.1) is 0 Å². The van der Waals surface area contributed by atoms with E-state index >= 15 is 0 Å². The molecule has 1 aliphatic heterocycles. The van der Waals surface area contributed by atoms with Gasteiger partial charge in [-0.1, -0.05) is 6.07 Å².